The third kappa shape index (κ3) is 3.05. The normalized spacial score (nSPS) is 13.7. The number of hydrogen-bond acceptors (Lipinski definition) is 6. The fraction of sp³-hybridized carbons (Fsp3) is 0.462. The van der Waals surface area contributed by atoms with E-state index in [9.17, 15) is 14.9 Å². The number of benzene rings is 1. The van der Waals surface area contributed by atoms with Gasteiger partial charge in [-0.2, -0.15) is 0 Å². The average molecular weight is 296 g/mol. The Labute approximate surface area is 121 Å². The average Bonchev–Trinajstić information content (AvgIpc) is 2.46. The number of carbonyl (C=O) groups is 1. The SMILES string of the molecule is COC(C)(C)C(=O)Nc1cc2c(cc1[N+](=O)[O-])OCCO2. The molecule has 1 aromatic carbocycles. The summed E-state index contributed by atoms with van der Waals surface area (Å²) in [6, 6.07) is 2.63. The lowest BCUT2D eigenvalue weighted by Gasteiger charge is -2.23. The molecule has 114 valence electrons. The molecule has 0 atom stereocenters. The van der Waals surface area contributed by atoms with E-state index in [1.807, 2.05) is 0 Å². The fourth-order valence-electron chi connectivity index (χ4n) is 1.69. The number of hydrogen-bond donors (Lipinski definition) is 1. The van der Waals surface area contributed by atoms with Crippen molar-refractivity contribution in [2.24, 2.45) is 0 Å². The van der Waals surface area contributed by atoms with Gasteiger partial charge in [0.2, 0.25) is 0 Å². The predicted molar refractivity (Wildman–Crippen MR) is 73.8 cm³/mol. The molecule has 0 aliphatic carbocycles. The molecule has 8 nitrogen and oxygen atoms in total. The maximum atomic E-state index is 12.1. The van der Waals surface area contributed by atoms with Gasteiger partial charge in [0.15, 0.2) is 11.5 Å². The number of ether oxygens (including phenoxy) is 3. The van der Waals surface area contributed by atoms with Crippen LogP contribution < -0.4 is 14.8 Å². The number of amides is 1. The maximum absolute atomic E-state index is 12.1. The second kappa shape index (κ2) is 5.57. The van der Waals surface area contributed by atoms with Gasteiger partial charge in [-0.05, 0) is 13.8 Å². The minimum Gasteiger partial charge on any atom is -0.486 e. The molecule has 0 radical (unpaired) electrons. The van der Waals surface area contributed by atoms with Crippen molar-refractivity contribution in [3.63, 3.8) is 0 Å². The van der Waals surface area contributed by atoms with Gasteiger partial charge in [-0.15, -0.1) is 0 Å². The van der Waals surface area contributed by atoms with Crippen LogP contribution in [0.5, 0.6) is 11.5 Å². The van der Waals surface area contributed by atoms with Gasteiger partial charge >= 0.3 is 0 Å². The molecular weight excluding hydrogens is 280 g/mol. The zero-order chi connectivity index (χ0) is 15.6. The zero-order valence-corrected chi connectivity index (χ0v) is 12.0. The molecule has 1 amide bonds. The van der Waals surface area contributed by atoms with E-state index in [0.29, 0.717) is 19.0 Å². The van der Waals surface area contributed by atoms with Crippen molar-refractivity contribution < 1.29 is 23.9 Å². The molecule has 0 fully saturated rings. The molecule has 1 aliphatic rings. The van der Waals surface area contributed by atoms with Crippen molar-refractivity contribution in [1.82, 2.24) is 0 Å². The topological polar surface area (TPSA) is 99.9 Å². The second-order valence-electron chi connectivity index (χ2n) is 4.94. The van der Waals surface area contributed by atoms with Crippen molar-refractivity contribution in [2.75, 3.05) is 25.6 Å². The Kier molecular flexibility index (Phi) is 3.99. The van der Waals surface area contributed by atoms with Crippen LogP contribution in [0.2, 0.25) is 0 Å². The highest BCUT2D eigenvalue weighted by Gasteiger charge is 2.30. The number of carbonyl (C=O) groups excluding carboxylic acids is 1. The maximum Gasteiger partial charge on any atom is 0.296 e. The van der Waals surface area contributed by atoms with E-state index in [1.165, 1.54) is 19.2 Å². The quantitative estimate of drug-likeness (QED) is 0.671. The molecule has 2 rings (SSSR count). The van der Waals surface area contributed by atoms with Crippen LogP contribution in [0.1, 0.15) is 13.8 Å². The molecule has 1 aliphatic heterocycles. The van der Waals surface area contributed by atoms with Crippen molar-refractivity contribution in [3.8, 4) is 11.5 Å². The second-order valence-corrected chi connectivity index (χ2v) is 4.94. The molecule has 0 bridgehead atoms. The van der Waals surface area contributed by atoms with E-state index >= 15 is 0 Å². The lowest BCUT2D eigenvalue weighted by Crippen LogP contribution is -2.39. The lowest BCUT2D eigenvalue weighted by molar-refractivity contribution is -0.384. The number of nitrogens with zero attached hydrogens (tertiary/aromatic N) is 1. The predicted octanol–water partition coefficient (Wildman–Crippen LogP) is 1.73. The van der Waals surface area contributed by atoms with E-state index in [1.54, 1.807) is 13.8 Å². The molecule has 1 aromatic rings. The van der Waals surface area contributed by atoms with Crippen LogP contribution in [0.25, 0.3) is 0 Å². The molecule has 1 heterocycles. The lowest BCUT2D eigenvalue weighted by atomic mass is 10.1. The highest BCUT2D eigenvalue weighted by atomic mass is 16.6. The van der Waals surface area contributed by atoms with E-state index in [-0.39, 0.29) is 17.1 Å². The van der Waals surface area contributed by atoms with Crippen LogP contribution in [-0.2, 0) is 9.53 Å². The highest BCUT2D eigenvalue weighted by Crippen LogP contribution is 2.39. The molecule has 8 heteroatoms. The standard InChI is InChI=1S/C13H16N2O6/c1-13(2,19-3)12(16)14-8-6-10-11(21-5-4-20-10)7-9(8)15(17)18/h6-7H,4-5H2,1-3H3,(H,14,16). The molecule has 0 spiro atoms. The first-order chi connectivity index (χ1) is 9.85. The summed E-state index contributed by atoms with van der Waals surface area (Å²) in [5.41, 5.74) is -1.33. The monoisotopic (exact) mass is 296 g/mol. The number of fused-ring (bicyclic) bond motifs is 1. The fourth-order valence-corrected chi connectivity index (χ4v) is 1.69. The number of rotatable bonds is 4. The van der Waals surface area contributed by atoms with Crippen LogP contribution in [0.15, 0.2) is 12.1 Å². The molecule has 0 unspecified atom stereocenters. The van der Waals surface area contributed by atoms with Crippen LogP contribution >= 0.6 is 0 Å². The van der Waals surface area contributed by atoms with Crippen LogP contribution in [0.4, 0.5) is 11.4 Å². The van der Waals surface area contributed by atoms with Gasteiger partial charge in [0, 0.05) is 13.2 Å². The van der Waals surface area contributed by atoms with Gasteiger partial charge in [-0.3, -0.25) is 14.9 Å². The number of nitro benzene ring substituents is 1. The molecular formula is C13H16N2O6. The Morgan fingerprint density at radius 1 is 1.33 bits per heavy atom. The van der Waals surface area contributed by atoms with E-state index in [4.69, 9.17) is 14.2 Å². The highest BCUT2D eigenvalue weighted by molar-refractivity contribution is 5.98. The first-order valence-electron chi connectivity index (χ1n) is 6.30. The largest absolute Gasteiger partial charge is 0.486 e. The van der Waals surface area contributed by atoms with Crippen molar-refractivity contribution in [2.45, 2.75) is 19.4 Å². The Morgan fingerprint density at radius 3 is 2.43 bits per heavy atom. The third-order valence-corrected chi connectivity index (χ3v) is 3.16. The van der Waals surface area contributed by atoms with Crippen molar-refractivity contribution in [1.29, 1.82) is 0 Å². The summed E-state index contributed by atoms with van der Waals surface area (Å²) in [7, 11) is 1.39. The minimum atomic E-state index is -1.11. The molecule has 0 saturated carbocycles. The minimum absolute atomic E-state index is 0.0411. The van der Waals surface area contributed by atoms with Crippen LogP contribution in [-0.4, -0.2) is 36.8 Å². The van der Waals surface area contributed by atoms with Crippen molar-refractivity contribution in [3.05, 3.63) is 22.2 Å². The van der Waals surface area contributed by atoms with Gasteiger partial charge in [0.1, 0.15) is 24.5 Å². The summed E-state index contributed by atoms with van der Waals surface area (Å²) in [5, 5.41) is 13.6. The molecule has 0 saturated heterocycles. The number of nitro groups is 1. The zero-order valence-electron chi connectivity index (χ0n) is 12.0. The summed E-state index contributed by atoms with van der Waals surface area (Å²) in [6.45, 7) is 3.80. The Hall–Kier alpha value is -2.35. The Morgan fingerprint density at radius 2 is 1.90 bits per heavy atom. The van der Waals surface area contributed by atoms with Gasteiger partial charge in [-0.25, -0.2) is 0 Å². The summed E-state index contributed by atoms with van der Waals surface area (Å²) in [5.74, 6) is 0.152. The number of anilines is 1. The van der Waals surface area contributed by atoms with E-state index in [0.717, 1.165) is 0 Å². The van der Waals surface area contributed by atoms with Crippen LogP contribution in [0, 0.1) is 10.1 Å². The summed E-state index contributed by atoms with van der Waals surface area (Å²) >= 11 is 0. The van der Waals surface area contributed by atoms with Crippen LogP contribution in [0.3, 0.4) is 0 Å². The Balaban J connectivity index is 2.38. The smallest absolute Gasteiger partial charge is 0.296 e. The number of methoxy groups -OCH3 is 1. The van der Waals surface area contributed by atoms with E-state index in [2.05, 4.69) is 5.32 Å². The summed E-state index contributed by atoms with van der Waals surface area (Å²) in [4.78, 5) is 22.6. The summed E-state index contributed by atoms with van der Waals surface area (Å²) in [6.07, 6.45) is 0. The first kappa shape index (κ1) is 15.0. The molecule has 0 aromatic heterocycles. The summed E-state index contributed by atoms with van der Waals surface area (Å²) < 4.78 is 15.7. The molecule has 1 N–H and O–H groups in total. The first-order valence-corrected chi connectivity index (χ1v) is 6.30. The van der Waals surface area contributed by atoms with Gasteiger partial charge in [-0.1, -0.05) is 0 Å². The van der Waals surface area contributed by atoms with Crippen molar-refractivity contribution >= 4 is 17.3 Å². The van der Waals surface area contributed by atoms with Gasteiger partial charge in [0.05, 0.1) is 11.0 Å². The third-order valence-electron chi connectivity index (χ3n) is 3.16. The molecule has 21 heavy (non-hydrogen) atoms. The van der Waals surface area contributed by atoms with Gasteiger partial charge in [0.25, 0.3) is 11.6 Å². The number of nitrogens with one attached hydrogen (secondary N) is 1. The van der Waals surface area contributed by atoms with Gasteiger partial charge < -0.3 is 19.5 Å². The van der Waals surface area contributed by atoms with E-state index < -0.39 is 16.4 Å². The Bertz CT molecular complexity index is 584.